The van der Waals surface area contributed by atoms with E-state index in [1.807, 2.05) is 12.1 Å². The molecule has 106 valence electrons. The molecule has 2 N–H and O–H groups in total. The van der Waals surface area contributed by atoms with Gasteiger partial charge in [0.25, 0.3) is 0 Å². The average molecular weight is 267 g/mol. The zero-order valence-corrected chi connectivity index (χ0v) is 11.4. The van der Waals surface area contributed by atoms with Crippen molar-refractivity contribution < 1.29 is 19.3 Å². The molecule has 1 aliphatic rings. The van der Waals surface area contributed by atoms with Crippen LogP contribution in [0.5, 0.6) is 17.2 Å². The Balaban J connectivity index is 2.09. The van der Waals surface area contributed by atoms with Crippen molar-refractivity contribution in [3.63, 3.8) is 0 Å². The van der Waals surface area contributed by atoms with Crippen molar-refractivity contribution in [3.8, 4) is 17.2 Å². The van der Waals surface area contributed by atoms with Crippen molar-refractivity contribution in [2.24, 2.45) is 0 Å². The van der Waals surface area contributed by atoms with Gasteiger partial charge in [0, 0.05) is 24.6 Å². The van der Waals surface area contributed by atoms with Crippen LogP contribution in [0.2, 0.25) is 0 Å². The van der Waals surface area contributed by atoms with Crippen molar-refractivity contribution in [2.75, 3.05) is 19.9 Å². The standard InChI is InChI=1S/C14H21NO4/c1-3-15-8-11-6-13-14(19-9-18-13)7-12(11)17-5-4-10(2)16/h6-7,10,15-16H,3-5,8-9H2,1-2H3. The third-order valence-corrected chi connectivity index (χ3v) is 2.91. The Hall–Kier alpha value is -1.46. The smallest absolute Gasteiger partial charge is 0.231 e. The van der Waals surface area contributed by atoms with Gasteiger partial charge in [-0.05, 0) is 19.5 Å². The Kier molecular flexibility index (Phi) is 4.87. The molecule has 1 heterocycles. The summed E-state index contributed by atoms with van der Waals surface area (Å²) in [4.78, 5) is 0. The van der Waals surface area contributed by atoms with E-state index in [2.05, 4.69) is 12.2 Å². The number of ether oxygens (including phenoxy) is 3. The Morgan fingerprint density at radius 1 is 1.37 bits per heavy atom. The third-order valence-electron chi connectivity index (χ3n) is 2.91. The summed E-state index contributed by atoms with van der Waals surface area (Å²) in [5.41, 5.74) is 1.04. The lowest BCUT2D eigenvalue weighted by Crippen LogP contribution is -2.14. The summed E-state index contributed by atoms with van der Waals surface area (Å²) < 4.78 is 16.5. The molecule has 1 aromatic carbocycles. The molecule has 19 heavy (non-hydrogen) atoms. The lowest BCUT2D eigenvalue weighted by atomic mass is 10.1. The minimum absolute atomic E-state index is 0.257. The van der Waals surface area contributed by atoms with Crippen LogP contribution in [0.1, 0.15) is 25.8 Å². The highest BCUT2D eigenvalue weighted by molar-refractivity contribution is 5.51. The summed E-state index contributed by atoms with van der Waals surface area (Å²) in [7, 11) is 0. The minimum atomic E-state index is -0.355. The second-order valence-electron chi connectivity index (χ2n) is 4.58. The molecule has 2 rings (SSSR count). The van der Waals surface area contributed by atoms with E-state index in [0.717, 1.165) is 30.2 Å². The summed E-state index contributed by atoms with van der Waals surface area (Å²) >= 11 is 0. The first-order chi connectivity index (χ1) is 9.20. The van der Waals surface area contributed by atoms with Crippen LogP contribution in [0.25, 0.3) is 0 Å². The van der Waals surface area contributed by atoms with Gasteiger partial charge in [0.1, 0.15) is 5.75 Å². The monoisotopic (exact) mass is 267 g/mol. The maximum Gasteiger partial charge on any atom is 0.231 e. The van der Waals surface area contributed by atoms with Gasteiger partial charge in [-0.2, -0.15) is 0 Å². The molecule has 0 fully saturated rings. The number of nitrogens with one attached hydrogen (secondary N) is 1. The van der Waals surface area contributed by atoms with Crippen LogP contribution in [-0.2, 0) is 6.54 Å². The molecule has 1 atom stereocenters. The predicted octanol–water partition coefficient (Wildman–Crippen LogP) is 1.67. The summed E-state index contributed by atoms with van der Waals surface area (Å²) in [6, 6.07) is 3.81. The van der Waals surface area contributed by atoms with Gasteiger partial charge in [-0.3, -0.25) is 0 Å². The molecule has 0 radical (unpaired) electrons. The van der Waals surface area contributed by atoms with E-state index in [-0.39, 0.29) is 12.9 Å². The molecule has 0 saturated carbocycles. The molecular weight excluding hydrogens is 246 g/mol. The molecule has 1 aromatic rings. The van der Waals surface area contributed by atoms with Gasteiger partial charge in [0.05, 0.1) is 12.7 Å². The van der Waals surface area contributed by atoms with Gasteiger partial charge in [0.15, 0.2) is 11.5 Å². The maximum absolute atomic E-state index is 9.26. The second-order valence-corrected chi connectivity index (χ2v) is 4.58. The van der Waals surface area contributed by atoms with Crippen LogP contribution in [0.4, 0.5) is 0 Å². The van der Waals surface area contributed by atoms with Gasteiger partial charge >= 0.3 is 0 Å². The van der Waals surface area contributed by atoms with Gasteiger partial charge in [-0.1, -0.05) is 6.92 Å². The molecule has 0 aromatic heterocycles. The lowest BCUT2D eigenvalue weighted by molar-refractivity contribution is 0.155. The van der Waals surface area contributed by atoms with Crippen LogP contribution >= 0.6 is 0 Å². The minimum Gasteiger partial charge on any atom is -0.493 e. The fourth-order valence-electron chi connectivity index (χ4n) is 1.84. The highest BCUT2D eigenvalue weighted by atomic mass is 16.7. The van der Waals surface area contributed by atoms with Crippen LogP contribution in [0, 0.1) is 0 Å². The number of hydrogen-bond donors (Lipinski definition) is 2. The maximum atomic E-state index is 9.26. The first-order valence-electron chi connectivity index (χ1n) is 6.64. The quantitative estimate of drug-likeness (QED) is 0.787. The van der Waals surface area contributed by atoms with E-state index < -0.39 is 0 Å². The Morgan fingerprint density at radius 2 is 2.11 bits per heavy atom. The molecule has 1 aliphatic heterocycles. The fourth-order valence-corrected chi connectivity index (χ4v) is 1.84. The Labute approximate surface area is 113 Å². The fraction of sp³-hybridized carbons (Fsp3) is 0.571. The summed E-state index contributed by atoms with van der Waals surface area (Å²) in [6.07, 6.45) is 0.251. The highest BCUT2D eigenvalue weighted by Crippen LogP contribution is 2.38. The lowest BCUT2D eigenvalue weighted by Gasteiger charge is -2.13. The molecule has 5 nitrogen and oxygen atoms in total. The van der Waals surface area contributed by atoms with E-state index in [1.54, 1.807) is 6.92 Å². The highest BCUT2D eigenvalue weighted by Gasteiger charge is 2.18. The number of fused-ring (bicyclic) bond motifs is 1. The second kappa shape index (κ2) is 6.63. The number of benzene rings is 1. The van der Waals surface area contributed by atoms with Crippen LogP contribution < -0.4 is 19.5 Å². The van der Waals surface area contributed by atoms with Crippen molar-refractivity contribution in [2.45, 2.75) is 32.9 Å². The van der Waals surface area contributed by atoms with Gasteiger partial charge in [-0.25, -0.2) is 0 Å². The predicted molar refractivity (Wildman–Crippen MR) is 71.7 cm³/mol. The number of rotatable bonds is 7. The Morgan fingerprint density at radius 3 is 2.79 bits per heavy atom. The van der Waals surface area contributed by atoms with E-state index in [0.29, 0.717) is 18.8 Å². The Bertz CT molecular complexity index is 420. The van der Waals surface area contributed by atoms with E-state index in [9.17, 15) is 5.11 Å². The summed E-state index contributed by atoms with van der Waals surface area (Å²) in [5, 5.41) is 12.5. The van der Waals surface area contributed by atoms with Crippen LogP contribution in [0.15, 0.2) is 12.1 Å². The van der Waals surface area contributed by atoms with E-state index in [4.69, 9.17) is 14.2 Å². The van der Waals surface area contributed by atoms with Crippen molar-refractivity contribution >= 4 is 0 Å². The number of aliphatic hydroxyl groups excluding tert-OH is 1. The van der Waals surface area contributed by atoms with Crippen molar-refractivity contribution in [1.82, 2.24) is 5.32 Å². The molecular formula is C14H21NO4. The zero-order chi connectivity index (χ0) is 13.7. The van der Waals surface area contributed by atoms with Gasteiger partial charge < -0.3 is 24.6 Å². The summed E-state index contributed by atoms with van der Waals surface area (Å²) in [5.74, 6) is 2.26. The topological polar surface area (TPSA) is 60.0 Å². The van der Waals surface area contributed by atoms with Crippen molar-refractivity contribution in [3.05, 3.63) is 17.7 Å². The normalized spacial score (nSPS) is 14.5. The summed E-state index contributed by atoms with van der Waals surface area (Å²) in [6.45, 7) is 6.16. The largest absolute Gasteiger partial charge is 0.493 e. The molecule has 0 saturated heterocycles. The van der Waals surface area contributed by atoms with Crippen LogP contribution in [-0.4, -0.2) is 31.2 Å². The SMILES string of the molecule is CCNCc1cc2c(cc1OCCC(C)O)OCO2. The molecule has 0 aliphatic carbocycles. The third kappa shape index (κ3) is 3.75. The number of hydrogen-bond acceptors (Lipinski definition) is 5. The first kappa shape index (κ1) is 14.0. The molecule has 0 spiro atoms. The van der Waals surface area contributed by atoms with Gasteiger partial charge in [0.2, 0.25) is 6.79 Å². The van der Waals surface area contributed by atoms with Crippen molar-refractivity contribution in [1.29, 1.82) is 0 Å². The molecule has 0 amide bonds. The van der Waals surface area contributed by atoms with E-state index >= 15 is 0 Å². The first-order valence-corrected chi connectivity index (χ1v) is 6.64. The molecule has 5 heteroatoms. The van der Waals surface area contributed by atoms with Gasteiger partial charge in [-0.15, -0.1) is 0 Å². The molecule has 0 bridgehead atoms. The molecule has 1 unspecified atom stereocenters. The number of aliphatic hydroxyl groups is 1. The zero-order valence-electron chi connectivity index (χ0n) is 11.4. The van der Waals surface area contributed by atoms with E-state index in [1.165, 1.54) is 0 Å². The van der Waals surface area contributed by atoms with Crippen LogP contribution in [0.3, 0.4) is 0 Å². The average Bonchev–Trinajstić information content (AvgIpc) is 2.82.